The Kier molecular flexibility index (Phi) is 7.33. The van der Waals surface area contributed by atoms with Gasteiger partial charge in [0.15, 0.2) is 0 Å². The van der Waals surface area contributed by atoms with Crippen LogP contribution >= 0.6 is 0 Å². The molecule has 0 unspecified atom stereocenters. The molecule has 0 saturated heterocycles. The van der Waals surface area contributed by atoms with E-state index in [2.05, 4.69) is 218 Å². The third kappa shape index (κ3) is 4.89. The zero-order valence-corrected chi connectivity index (χ0v) is 31.8. The van der Waals surface area contributed by atoms with E-state index >= 15 is 0 Å². The molecule has 0 N–H and O–H groups in total. The van der Waals surface area contributed by atoms with Gasteiger partial charge in [-0.15, -0.1) is 0 Å². The first-order valence-electron chi connectivity index (χ1n) is 20.2. The summed E-state index contributed by atoms with van der Waals surface area (Å²) in [5, 5.41) is 17.9. The van der Waals surface area contributed by atoms with Crippen LogP contribution in [0.4, 0.5) is 0 Å². The Hall–Kier alpha value is -7.54. The van der Waals surface area contributed by atoms with Gasteiger partial charge in [-0.2, -0.15) is 0 Å². The summed E-state index contributed by atoms with van der Waals surface area (Å²) in [6.07, 6.45) is 0. The molecule has 0 nitrogen and oxygen atoms in total. The zero-order valence-electron chi connectivity index (χ0n) is 31.8. The summed E-state index contributed by atoms with van der Waals surface area (Å²) in [5.74, 6) is 0. The van der Waals surface area contributed by atoms with E-state index in [4.69, 9.17) is 0 Å². The van der Waals surface area contributed by atoms with Gasteiger partial charge in [0.2, 0.25) is 0 Å². The lowest BCUT2D eigenvalue weighted by molar-refractivity contribution is 1.62. The number of rotatable bonds is 4. The van der Waals surface area contributed by atoms with Crippen LogP contribution in [0.1, 0.15) is 0 Å². The average molecular weight is 733 g/mol. The van der Waals surface area contributed by atoms with Crippen LogP contribution in [0.15, 0.2) is 218 Å². The van der Waals surface area contributed by atoms with Crippen LogP contribution in [0.5, 0.6) is 0 Å². The summed E-state index contributed by atoms with van der Waals surface area (Å²) in [6.45, 7) is 0. The third-order valence-electron chi connectivity index (χ3n) is 12.4. The maximum atomic E-state index is 2.44. The van der Waals surface area contributed by atoms with Gasteiger partial charge in [0.1, 0.15) is 0 Å². The Labute approximate surface area is 336 Å². The molecular formula is C58H36. The number of hydrogen-bond acceptors (Lipinski definition) is 0. The van der Waals surface area contributed by atoms with Gasteiger partial charge in [-0.05, 0) is 126 Å². The molecule has 0 bridgehead atoms. The maximum absolute atomic E-state index is 2.44. The summed E-state index contributed by atoms with van der Waals surface area (Å²) in [5.41, 5.74) is 9.98. The molecule has 0 spiro atoms. The minimum atomic E-state index is 1.21. The van der Waals surface area contributed by atoms with Gasteiger partial charge < -0.3 is 0 Å². The molecule has 12 rings (SSSR count). The molecule has 0 saturated carbocycles. The minimum Gasteiger partial charge on any atom is -0.0616 e. The normalized spacial score (nSPS) is 11.8. The van der Waals surface area contributed by atoms with Gasteiger partial charge in [0.05, 0.1) is 0 Å². The standard InChI is InChI=1S/C58H36/c1-2-18-40-37(16-1)17-15-31-41(40)43-20-5-8-24-47(43)57-52-29-13-11-27-50(52)56(51-28-12-14-30-53(51)57)39-34-32-38(33-35-39)54-36-55-45-22-4-3-19-42(45)44-21-6-9-25-48(44)58(55)49-26-10-7-23-46(49)54/h1-36H. The van der Waals surface area contributed by atoms with Crippen LogP contribution in [-0.2, 0) is 0 Å². The molecule has 0 aromatic heterocycles. The lowest BCUT2D eigenvalue weighted by atomic mass is 9.83. The quantitative estimate of drug-likeness (QED) is 0.125. The van der Waals surface area contributed by atoms with Crippen molar-refractivity contribution in [1.82, 2.24) is 0 Å². The number of benzene rings is 12. The first-order valence-corrected chi connectivity index (χ1v) is 20.2. The van der Waals surface area contributed by atoms with Crippen molar-refractivity contribution in [3.05, 3.63) is 218 Å². The Balaban J connectivity index is 1.07. The molecule has 0 amide bonds. The van der Waals surface area contributed by atoms with E-state index in [0.717, 1.165) is 0 Å². The minimum absolute atomic E-state index is 1.21. The van der Waals surface area contributed by atoms with Gasteiger partial charge in [-0.3, -0.25) is 0 Å². The van der Waals surface area contributed by atoms with Crippen LogP contribution in [0, 0.1) is 0 Å². The number of hydrogen-bond donors (Lipinski definition) is 0. The fourth-order valence-electron chi connectivity index (χ4n) is 9.95. The highest BCUT2D eigenvalue weighted by Crippen LogP contribution is 2.48. The predicted octanol–water partition coefficient (Wildman–Crippen LogP) is 16.4. The fourth-order valence-corrected chi connectivity index (χ4v) is 9.95. The van der Waals surface area contributed by atoms with E-state index < -0.39 is 0 Å². The Bertz CT molecular complexity index is 3540. The molecule has 0 aliphatic rings. The molecule has 58 heavy (non-hydrogen) atoms. The summed E-state index contributed by atoms with van der Waals surface area (Å²) in [6, 6.07) is 80.8. The number of fused-ring (bicyclic) bond motifs is 11. The van der Waals surface area contributed by atoms with Crippen molar-refractivity contribution >= 4 is 75.4 Å². The highest BCUT2D eigenvalue weighted by molar-refractivity contribution is 6.33. The van der Waals surface area contributed by atoms with Crippen LogP contribution in [0.2, 0.25) is 0 Å². The summed E-state index contributed by atoms with van der Waals surface area (Å²) < 4.78 is 0. The SMILES string of the molecule is c1ccc(-c2c3ccccc3c(-c3ccc(-c4cc5c6ccccc6c6ccccc6c5c5ccccc45)cc3)c3ccccc23)c(-c2cccc3ccccc23)c1. The fraction of sp³-hybridized carbons (Fsp3) is 0. The van der Waals surface area contributed by atoms with Crippen molar-refractivity contribution in [3.63, 3.8) is 0 Å². The Morgan fingerprint density at radius 1 is 0.190 bits per heavy atom. The molecule has 0 heterocycles. The van der Waals surface area contributed by atoms with Crippen molar-refractivity contribution in [2.75, 3.05) is 0 Å². The average Bonchev–Trinajstić information content (AvgIpc) is 3.30. The second-order valence-corrected chi connectivity index (χ2v) is 15.5. The smallest absolute Gasteiger partial charge is 0.00199 e. The van der Waals surface area contributed by atoms with E-state index in [0.29, 0.717) is 0 Å². The van der Waals surface area contributed by atoms with E-state index in [1.165, 1.54) is 120 Å². The Morgan fingerprint density at radius 3 is 1.22 bits per heavy atom. The molecule has 12 aromatic carbocycles. The summed E-state index contributed by atoms with van der Waals surface area (Å²) in [7, 11) is 0. The van der Waals surface area contributed by atoms with Crippen LogP contribution in [0.3, 0.4) is 0 Å². The molecule has 12 aromatic rings. The van der Waals surface area contributed by atoms with E-state index in [9.17, 15) is 0 Å². The molecule has 0 heteroatoms. The van der Waals surface area contributed by atoms with E-state index in [1.54, 1.807) is 0 Å². The molecule has 268 valence electrons. The highest BCUT2D eigenvalue weighted by atomic mass is 14.2. The van der Waals surface area contributed by atoms with Crippen molar-refractivity contribution in [3.8, 4) is 44.5 Å². The van der Waals surface area contributed by atoms with Crippen LogP contribution < -0.4 is 0 Å². The lowest BCUT2D eigenvalue weighted by Gasteiger charge is -2.20. The van der Waals surface area contributed by atoms with Crippen molar-refractivity contribution < 1.29 is 0 Å². The second kappa shape index (κ2) is 13.0. The second-order valence-electron chi connectivity index (χ2n) is 15.5. The van der Waals surface area contributed by atoms with Crippen molar-refractivity contribution in [1.29, 1.82) is 0 Å². The molecule has 0 aliphatic heterocycles. The van der Waals surface area contributed by atoms with Crippen LogP contribution in [-0.4, -0.2) is 0 Å². The van der Waals surface area contributed by atoms with Gasteiger partial charge in [-0.25, -0.2) is 0 Å². The molecule has 0 fully saturated rings. The topological polar surface area (TPSA) is 0 Å². The third-order valence-corrected chi connectivity index (χ3v) is 12.4. The summed E-state index contributed by atoms with van der Waals surface area (Å²) in [4.78, 5) is 0. The molecule has 0 atom stereocenters. The highest BCUT2D eigenvalue weighted by Gasteiger charge is 2.20. The van der Waals surface area contributed by atoms with Gasteiger partial charge in [-0.1, -0.05) is 212 Å². The van der Waals surface area contributed by atoms with Gasteiger partial charge in [0.25, 0.3) is 0 Å². The largest absolute Gasteiger partial charge is 0.0616 e. The lowest BCUT2D eigenvalue weighted by Crippen LogP contribution is -1.93. The molecule has 0 aliphatic carbocycles. The molecule has 0 radical (unpaired) electrons. The van der Waals surface area contributed by atoms with E-state index in [-0.39, 0.29) is 0 Å². The first kappa shape index (κ1) is 32.7. The Morgan fingerprint density at radius 2 is 0.586 bits per heavy atom. The van der Waals surface area contributed by atoms with Crippen molar-refractivity contribution in [2.24, 2.45) is 0 Å². The zero-order chi connectivity index (χ0) is 38.2. The predicted molar refractivity (Wildman–Crippen MR) is 251 cm³/mol. The molecular weight excluding hydrogens is 697 g/mol. The monoisotopic (exact) mass is 732 g/mol. The summed E-state index contributed by atoms with van der Waals surface area (Å²) >= 11 is 0. The maximum Gasteiger partial charge on any atom is -0.00199 e. The van der Waals surface area contributed by atoms with E-state index in [1.807, 2.05) is 0 Å². The van der Waals surface area contributed by atoms with Crippen molar-refractivity contribution in [2.45, 2.75) is 0 Å². The first-order chi connectivity index (χ1) is 28.8. The van der Waals surface area contributed by atoms with Gasteiger partial charge in [0, 0.05) is 0 Å². The van der Waals surface area contributed by atoms with Crippen LogP contribution in [0.25, 0.3) is 120 Å². The van der Waals surface area contributed by atoms with Gasteiger partial charge >= 0.3 is 0 Å².